The van der Waals surface area contributed by atoms with Gasteiger partial charge in [0.1, 0.15) is 5.82 Å². The molecule has 1 aliphatic carbocycles. The van der Waals surface area contributed by atoms with E-state index >= 15 is 0 Å². The van der Waals surface area contributed by atoms with E-state index in [0.717, 1.165) is 29.7 Å². The van der Waals surface area contributed by atoms with Crippen LogP contribution >= 0.6 is 0 Å². The largest absolute Gasteiger partial charge is 0.305 e. The smallest absolute Gasteiger partial charge is 0.277 e. The molecule has 3 aromatic rings. The van der Waals surface area contributed by atoms with Gasteiger partial charge >= 0.3 is 0 Å². The van der Waals surface area contributed by atoms with Crippen molar-refractivity contribution in [2.75, 3.05) is 5.32 Å². The molecule has 1 saturated carbocycles. The van der Waals surface area contributed by atoms with Crippen LogP contribution in [0.4, 0.5) is 5.82 Å². The zero-order chi connectivity index (χ0) is 15.6. The van der Waals surface area contributed by atoms with Gasteiger partial charge in [-0.25, -0.2) is 4.98 Å². The van der Waals surface area contributed by atoms with Gasteiger partial charge in [-0.1, -0.05) is 6.07 Å². The van der Waals surface area contributed by atoms with Gasteiger partial charge < -0.3 is 5.32 Å². The van der Waals surface area contributed by atoms with E-state index in [0.29, 0.717) is 17.4 Å². The normalized spacial score (nSPS) is 13.7. The molecule has 0 atom stereocenters. The van der Waals surface area contributed by atoms with Crippen LogP contribution in [0.3, 0.4) is 0 Å². The highest BCUT2D eigenvalue weighted by molar-refractivity contribution is 6.02. The lowest BCUT2D eigenvalue weighted by atomic mass is 10.1. The van der Waals surface area contributed by atoms with Gasteiger partial charge in [-0.2, -0.15) is 5.10 Å². The Bertz CT molecular complexity index is 839. The maximum Gasteiger partial charge on any atom is 0.277 e. The van der Waals surface area contributed by atoms with Crippen molar-refractivity contribution in [3.05, 3.63) is 60.3 Å². The predicted octanol–water partition coefficient (Wildman–Crippen LogP) is 3.00. The molecule has 23 heavy (non-hydrogen) atoms. The molecule has 114 valence electrons. The van der Waals surface area contributed by atoms with E-state index < -0.39 is 0 Å². The molecule has 0 spiro atoms. The number of carbonyl (C=O) groups excluding carboxylic acids is 1. The molecule has 6 heteroatoms. The predicted molar refractivity (Wildman–Crippen MR) is 86.0 cm³/mol. The summed E-state index contributed by atoms with van der Waals surface area (Å²) < 4.78 is 0. The van der Waals surface area contributed by atoms with E-state index in [1.165, 1.54) is 0 Å². The van der Waals surface area contributed by atoms with E-state index in [1.54, 1.807) is 18.6 Å². The van der Waals surface area contributed by atoms with E-state index in [-0.39, 0.29) is 5.91 Å². The summed E-state index contributed by atoms with van der Waals surface area (Å²) in [4.78, 5) is 20.6. The van der Waals surface area contributed by atoms with Crippen LogP contribution in [0.2, 0.25) is 0 Å². The van der Waals surface area contributed by atoms with Crippen LogP contribution < -0.4 is 5.32 Å². The Morgan fingerprint density at radius 1 is 1.17 bits per heavy atom. The number of nitrogens with one attached hydrogen (secondary N) is 2. The lowest BCUT2D eigenvalue weighted by Crippen LogP contribution is -2.13. The van der Waals surface area contributed by atoms with Crippen molar-refractivity contribution in [2.45, 2.75) is 18.8 Å². The molecule has 0 radical (unpaired) electrons. The fraction of sp³-hybridized carbons (Fsp3) is 0.176. The summed E-state index contributed by atoms with van der Waals surface area (Å²) >= 11 is 0. The molecule has 1 fully saturated rings. The fourth-order valence-electron chi connectivity index (χ4n) is 2.45. The van der Waals surface area contributed by atoms with Gasteiger partial charge in [-0.15, -0.1) is 0 Å². The number of nitrogens with zero attached hydrogens (tertiary/aromatic N) is 3. The number of carbonyl (C=O) groups is 1. The minimum atomic E-state index is -0.260. The quantitative estimate of drug-likeness (QED) is 0.776. The Kier molecular flexibility index (Phi) is 3.34. The van der Waals surface area contributed by atoms with Crippen LogP contribution in [-0.4, -0.2) is 26.1 Å². The molecule has 2 N–H and O–H groups in total. The second-order valence-corrected chi connectivity index (χ2v) is 5.61. The van der Waals surface area contributed by atoms with Gasteiger partial charge in [0.25, 0.3) is 5.91 Å². The van der Waals surface area contributed by atoms with Crippen molar-refractivity contribution in [1.29, 1.82) is 0 Å². The van der Waals surface area contributed by atoms with Crippen molar-refractivity contribution in [3.63, 3.8) is 0 Å². The summed E-state index contributed by atoms with van der Waals surface area (Å²) in [5, 5.41) is 9.80. The topological polar surface area (TPSA) is 83.6 Å². The molecule has 0 unspecified atom stereocenters. The minimum Gasteiger partial charge on any atom is -0.305 e. The highest BCUT2D eigenvalue weighted by atomic mass is 16.2. The van der Waals surface area contributed by atoms with E-state index in [4.69, 9.17) is 0 Å². The molecule has 0 aromatic carbocycles. The van der Waals surface area contributed by atoms with Crippen molar-refractivity contribution >= 4 is 11.7 Å². The SMILES string of the molecule is O=C(Nc1cc(-c2cccnc2)ccn1)c1cc(C2CC2)[nH]n1. The first-order valence-corrected chi connectivity index (χ1v) is 7.53. The van der Waals surface area contributed by atoms with Crippen molar-refractivity contribution in [2.24, 2.45) is 0 Å². The van der Waals surface area contributed by atoms with Crippen molar-refractivity contribution in [3.8, 4) is 11.1 Å². The van der Waals surface area contributed by atoms with E-state index in [9.17, 15) is 4.79 Å². The summed E-state index contributed by atoms with van der Waals surface area (Å²) in [7, 11) is 0. The third kappa shape index (κ3) is 2.96. The van der Waals surface area contributed by atoms with E-state index in [1.807, 2.05) is 30.3 Å². The van der Waals surface area contributed by atoms with E-state index in [2.05, 4.69) is 25.5 Å². The number of anilines is 1. The van der Waals surface area contributed by atoms with Gasteiger partial charge in [-0.3, -0.25) is 14.9 Å². The van der Waals surface area contributed by atoms with Crippen LogP contribution in [0.15, 0.2) is 48.9 Å². The highest BCUT2D eigenvalue weighted by Gasteiger charge is 2.26. The molecule has 4 rings (SSSR count). The lowest BCUT2D eigenvalue weighted by molar-refractivity contribution is 0.102. The summed E-state index contributed by atoms with van der Waals surface area (Å²) in [6.45, 7) is 0. The van der Waals surface area contributed by atoms with Gasteiger partial charge in [0.2, 0.25) is 0 Å². The van der Waals surface area contributed by atoms with Crippen molar-refractivity contribution < 1.29 is 4.79 Å². The number of hydrogen-bond donors (Lipinski definition) is 2. The number of amides is 1. The monoisotopic (exact) mass is 305 g/mol. The van der Waals surface area contributed by atoms with Crippen LogP contribution in [-0.2, 0) is 0 Å². The first-order chi connectivity index (χ1) is 11.3. The number of hydrogen-bond acceptors (Lipinski definition) is 4. The molecular weight excluding hydrogens is 290 g/mol. The van der Waals surface area contributed by atoms with Crippen LogP contribution in [0.25, 0.3) is 11.1 Å². The summed E-state index contributed by atoms with van der Waals surface area (Å²) in [6, 6.07) is 9.36. The van der Waals surface area contributed by atoms with Gasteiger partial charge in [0.05, 0.1) is 0 Å². The average Bonchev–Trinajstić information content (AvgIpc) is 3.33. The highest BCUT2D eigenvalue weighted by Crippen LogP contribution is 2.39. The van der Waals surface area contributed by atoms with Gasteiger partial charge in [0, 0.05) is 35.8 Å². The average molecular weight is 305 g/mol. The van der Waals surface area contributed by atoms with Crippen LogP contribution in [0.5, 0.6) is 0 Å². The number of pyridine rings is 2. The second-order valence-electron chi connectivity index (χ2n) is 5.61. The first-order valence-electron chi connectivity index (χ1n) is 7.53. The third-order valence-electron chi connectivity index (χ3n) is 3.84. The Hall–Kier alpha value is -3.02. The number of aromatic amines is 1. The fourth-order valence-corrected chi connectivity index (χ4v) is 2.45. The van der Waals surface area contributed by atoms with Gasteiger partial charge in [-0.05, 0) is 42.7 Å². The molecule has 6 nitrogen and oxygen atoms in total. The Morgan fingerprint density at radius 3 is 2.87 bits per heavy atom. The third-order valence-corrected chi connectivity index (χ3v) is 3.84. The Morgan fingerprint density at radius 2 is 2.09 bits per heavy atom. The number of aromatic nitrogens is 4. The minimum absolute atomic E-state index is 0.260. The lowest BCUT2D eigenvalue weighted by Gasteiger charge is -2.05. The molecule has 0 saturated heterocycles. The summed E-state index contributed by atoms with van der Waals surface area (Å²) in [5.74, 6) is 0.771. The molecule has 3 heterocycles. The Balaban J connectivity index is 1.52. The van der Waals surface area contributed by atoms with Crippen molar-refractivity contribution in [1.82, 2.24) is 20.2 Å². The van der Waals surface area contributed by atoms with Gasteiger partial charge in [0.15, 0.2) is 5.69 Å². The zero-order valence-electron chi connectivity index (χ0n) is 12.4. The molecule has 0 bridgehead atoms. The molecule has 1 aliphatic rings. The standard InChI is InChI=1S/C17H15N5O/c23-17(15-9-14(21-22-15)11-3-4-11)20-16-8-12(5-7-19-16)13-2-1-6-18-10-13/h1-2,5-11H,3-4H2,(H,21,22)(H,19,20,23). The Labute approximate surface area is 133 Å². The molecule has 0 aliphatic heterocycles. The maximum atomic E-state index is 12.3. The van der Waals surface area contributed by atoms with Crippen LogP contribution in [0, 0.1) is 0 Å². The molecule has 3 aromatic heterocycles. The zero-order valence-corrected chi connectivity index (χ0v) is 12.4. The second kappa shape index (κ2) is 5.64. The number of rotatable bonds is 4. The number of H-pyrrole nitrogens is 1. The molecular formula is C17H15N5O. The summed E-state index contributed by atoms with van der Waals surface area (Å²) in [5.41, 5.74) is 3.35. The first kappa shape index (κ1) is 13.6. The maximum absolute atomic E-state index is 12.3. The molecule has 1 amide bonds. The summed E-state index contributed by atoms with van der Waals surface area (Å²) in [6.07, 6.45) is 7.49. The van der Waals surface area contributed by atoms with Crippen LogP contribution in [0.1, 0.15) is 34.9 Å².